The van der Waals surface area contributed by atoms with Crippen LogP contribution in [0.4, 0.5) is 10.1 Å². The summed E-state index contributed by atoms with van der Waals surface area (Å²) in [7, 11) is 2.09. The van der Waals surface area contributed by atoms with Gasteiger partial charge in [0, 0.05) is 25.3 Å². The molecule has 1 aliphatic rings. The van der Waals surface area contributed by atoms with E-state index in [1.165, 1.54) is 12.1 Å². The fourth-order valence-corrected chi connectivity index (χ4v) is 2.00. The predicted molar refractivity (Wildman–Crippen MR) is 66.9 cm³/mol. The third-order valence-electron chi connectivity index (χ3n) is 3.06. The first-order valence-electron chi connectivity index (χ1n) is 5.95. The van der Waals surface area contributed by atoms with Crippen molar-refractivity contribution < 1.29 is 9.13 Å². The highest BCUT2D eigenvalue weighted by atomic mass is 19.1. The lowest BCUT2D eigenvalue weighted by molar-refractivity contribution is -0.0117. The summed E-state index contributed by atoms with van der Waals surface area (Å²) in [5, 5.41) is 3.25. The van der Waals surface area contributed by atoms with E-state index in [4.69, 9.17) is 4.74 Å². The fourth-order valence-electron chi connectivity index (χ4n) is 2.00. The lowest BCUT2D eigenvalue weighted by atomic mass is 10.2. The zero-order valence-corrected chi connectivity index (χ0v) is 10.4. The van der Waals surface area contributed by atoms with Crippen molar-refractivity contribution in [2.24, 2.45) is 0 Å². The summed E-state index contributed by atoms with van der Waals surface area (Å²) in [6, 6.07) is 4.79. The van der Waals surface area contributed by atoms with Crippen LogP contribution in [-0.2, 0) is 4.74 Å². The number of nitrogens with zero attached hydrogens (tertiary/aromatic N) is 1. The molecule has 1 fully saturated rings. The second kappa shape index (κ2) is 5.47. The minimum Gasteiger partial charge on any atom is -0.382 e. The molecule has 1 aromatic carbocycles. The zero-order chi connectivity index (χ0) is 12.3. The highest BCUT2D eigenvalue weighted by Crippen LogP contribution is 2.16. The van der Waals surface area contributed by atoms with Crippen LogP contribution in [-0.4, -0.2) is 44.3 Å². The predicted octanol–water partition coefficient (Wildman–Crippen LogP) is 1.88. The fraction of sp³-hybridized carbons (Fsp3) is 0.538. The van der Waals surface area contributed by atoms with Crippen LogP contribution in [0.1, 0.15) is 5.56 Å². The van der Waals surface area contributed by atoms with E-state index < -0.39 is 0 Å². The number of benzene rings is 1. The van der Waals surface area contributed by atoms with E-state index in [0.717, 1.165) is 30.9 Å². The number of ether oxygens (including phenoxy) is 1. The summed E-state index contributed by atoms with van der Waals surface area (Å²) >= 11 is 0. The molecule has 1 N–H and O–H groups in total. The van der Waals surface area contributed by atoms with Crippen LogP contribution < -0.4 is 5.32 Å². The van der Waals surface area contributed by atoms with Gasteiger partial charge < -0.3 is 15.0 Å². The van der Waals surface area contributed by atoms with Gasteiger partial charge in [-0.1, -0.05) is 6.07 Å². The Bertz CT molecular complexity index is 384. The Morgan fingerprint density at radius 2 is 2.35 bits per heavy atom. The molecule has 0 saturated carbocycles. The summed E-state index contributed by atoms with van der Waals surface area (Å²) in [5.74, 6) is -0.209. The SMILES string of the molecule is Cc1ccc(F)cc1NCC1CN(C)CCO1. The molecule has 1 unspecified atom stereocenters. The molecule has 2 rings (SSSR count). The van der Waals surface area contributed by atoms with Gasteiger partial charge in [0.1, 0.15) is 5.82 Å². The number of aryl methyl sites for hydroxylation is 1. The molecule has 4 heteroatoms. The van der Waals surface area contributed by atoms with Crippen molar-refractivity contribution in [3.8, 4) is 0 Å². The van der Waals surface area contributed by atoms with Crippen LogP contribution in [0.3, 0.4) is 0 Å². The number of rotatable bonds is 3. The highest BCUT2D eigenvalue weighted by Gasteiger charge is 2.17. The van der Waals surface area contributed by atoms with E-state index in [9.17, 15) is 4.39 Å². The Hall–Kier alpha value is -1.13. The molecule has 3 nitrogen and oxygen atoms in total. The third-order valence-corrected chi connectivity index (χ3v) is 3.06. The molecular formula is C13H19FN2O. The molecule has 1 aromatic rings. The lowest BCUT2D eigenvalue weighted by Gasteiger charge is -2.30. The quantitative estimate of drug-likeness (QED) is 0.870. The van der Waals surface area contributed by atoms with Crippen LogP contribution in [0.25, 0.3) is 0 Å². The van der Waals surface area contributed by atoms with E-state index >= 15 is 0 Å². The number of anilines is 1. The number of nitrogens with one attached hydrogen (secondary N) is 1. The van der Waals surface area contributed by atoms with Gasteiger partial charge in [-0.15, -0.1) is 0 Å². The molecule has 94 valence electrons. The van der Waals surface area contributed by atoms with Gasteiger partial charge in [0.15, 0.2) is 0 Å². The summed E-state index contributed by atoms with van der Waals surface area (Å²) < 4.78 is 18.7. The Balaban J connectivity index is 1.90. The van der Waals surface area contributed by atoms with Gasteiger partial charge in [-0.3, -0.25) is 0 Å². The van der Waals surface area contributed by atoms with Gasteiger partial charge in [-0.05, 0) is 31.7 Å². The van der Waals surface area contributed by atoms with Crippen molar-refractivity contribution in [1.82, 2.24) is 4.90 Å². The molecular weight excluding hydrogens is 219 g/mol. The normalized spacial score (nSPS) is 21.5. The average molecular weight is 238 g/mol. The van der Waals surface area contributed by atoms with Crippen molar-refractivity contribution >= 4 is 5.69 Å². The first-order chi connectivity index (χ1) is 8.15. The molecule has 0 amide bonds. The smallest absolute Gasteiger partial charge is 0.125 e. The number of hydrogen-bond acceptors (Lipinski definition) is 3. The third kappa shape index (κ3) is 3.41. The number of halogens is 1. The minimum atomic E-state index is -0.209. The molecule has 0 aliphatic carbocycles. The molecule has 1 saturated heterocycles. The number of hydrogen-bond donors (Lipinski definition) is 1. The van der Waals surface area contributed by atoms with E-state index in [2.05, 4.69) is 17.3 Å². The van der Waals surface area contributed by atoms with Crippen molar-refractivity contribution in [2.75, 3.05) is 38.6 Å². The van der Waals surface area contributed by atoms with E-state index in [-0.39, 0.29) is 11.9 Å². The molecule has 1 heterocycles. The molecule has 0 radical (unpaired) electrons. The van der Waals surface area contributed by atoms with Crippen LogP contribution in [0.5, 0.6) is 0 Å². The van der Waals surface area contributed by atoms with E-state index in [0.29, 0.717) is 6.54 Å². The van der Waals surface area contributed by atoms with Crippen LogP contribution >= 0.6 is 0 Å². The first-order valence-corrected chi connectivity index (χ1v) is 5.95. The molecule has 0 aromatic heterocycles. The largest absolute Gasteiger partial charge is 0.382 e. The molecule has 0 spiro atoms. The van der Waals surface area contributed by atoms with Gasteiger partial charge in [0.05, 0.1) is 12.7 Å². The van der Waals surface area contributed by atoms with E-state index in [1.807, 2.05) is 6.92 Å². The van der Waals surface area contributed by atoms with E-state index in [1.54, 1.807) is 6.07 Å². The molecule has 1 atom stereocenters. The Labute approximate surface area is 102 Å². The second-order valence-electron chi connectivity index (χ2n) is 4.60. The Morgan fingerprint density at radius 1 is 1.53 bits per heavy atom. The van der Waals surface area contributed by atoms with Gasteiger partial charge in [0.25, 0.3) is 0 Å². The minimum absolute atomic E-state index is 0.177. The van der Waals surface area contributed by atoms with Gasteiger partial charge in [0.2, 0.25) is 0 Å². The van der Waals surface area contributed by atoms with Crippen LogP contribution in [0.2, 0.25) is 0 Å². The topological polar surface area (TPSA) is 24.5 Å². The number of morpholine rings is 1. The van der Waals surface area contributed by atoms with Crippen molar-refractivity contribution in [2.45, 2.75) is 13.0 Å². The Kier molecular flexibility index (Phi) is 3.97. The zero-order valence-electron chi connectivity index (χ0n) is 10.4. The summed E-state index contributed by atoms with van der Waals surface area (Å²) in [6.07, 6.45) is 0.177. The first kappa shape index (κ1) is 12.3. The summed E-state index contributed by atoms with van der Waals surface area (Å²) in [4.78, 5) is 2.24. The maximum Gasteiger partial charge on any atom is 0.125 e. The standard InChI is InChI=1S/C13H19FN2O/c1-10-3-4-11(14)7-13(10)15-8-12-9-16(2)5-6-17-12/h3-4,7,12,15H,5-6,8-9H2,1-2H3. The second-order valence-corrected chi connectivity index (χ2v) is 4.60. The van der Waals surface area contributed by atoms with Gasteiger partial charge >= 0.3 is 0 Å². The molecule has 1 aliphatic heterocycles. The van der Waals surface area contributed by atoms with Crippen molar-refractivity contribution in [3.05, 3.63) is 29.6 Å². The van der Waals surface area contributed by atoms with Crippen molar-refractivity contribution in [1.29, 1.82) is 0 Å². The summed E-state index contributed by atoms with van der Waals surface area (Å²) in [5.41, 5.74) is 1.90. The summed E-state index contributed by atoms with van der Waals surface area (Å²) in [6.45, 7) is 5.35. The molecule has 0 bridgehead atoms. The van der Waals surface area contributed by atoms with Crippen LogP contribution in [0, 0.1) is 12.7 Å². The average Bonchev–Trinajstić information content (AvgIpc) is 2.30. The maximum absolute atomic E-state index is 13.1. The van der Waals surface area contributed by atoms with Gasteiger partial charge in [-0.2, -0.15) is 0 Å². The highest BCUT2D eigenvalue weighted by molar-refractivity contribution is 5.50. The molecule has 17 heavy (non-hydrogen) atoms. The van der Waals surface area contributed by atoms with Crippen molar-refractivity contribution in [3.63, 3.8) is 0 Å². The van der Waals surface area contributed by atoms with Crippen LogP contribution in [0.15, 0.2) is 18.2 Å². The maximum atomic E-state index is 13.1. The lowest BCUT2D eigenvalue weighted by Crippen LogP contribution is -2.43. The Morgan fingerprint density at radius 3 is 3.12 bits per heavy atom. The van der Waals surface area contributed by atoms with Gasteiger partial charge in [-0.25, -0.2) is 4.39 Å². The monoisotopic (exact) mass is 238 g/mol. The number of likely N-dealkylation sites (N-methyl/N-ethyl adjacent to an activating group) is 1.